The van der Waals surface area contributed by atoms with E-state index in [1.54, 1.807) is 30.6 Å². The number of nitrogens with zero attached hydrogens (tertiary/aromatic N) is 4. The maximum Gasteiger partial charge on any atom is 0.232 e. The number of amides is 1. The Bertz CT molecular complexity index is 1130. The standard InChI is InChI=1S/C22H18FN5O/c1-15(29)28(14-16-5-3-2-4-6-16)22-24-12-11-20(26-22)19-13-25-27-21(19)17-7-9-18(23)10-8-17/h2-13H,14H2,1H3,(H,25,27). The Morgan fingerprint density at radius 2 is 1.83 bits per heavy atom. The molecule has 0 aliphatic rings. The number of hydrogen-bond donors (Lipinski definition) is 1. The fraction of sp³-hybridized carbons (Fsp3) is 0.0909. The molecule has 0 unspecified atom stereocenters. The number of carbonyl (C=O) groups excluding carboxylic acids is 1. The number of rotatable bonds is 5. The monoisotopic (exact) mass is 387 g/mol. The van der Waals surface area contributed by atoms with Crippen LogP contribution >= 0.6 is 0 Å². The van der Waals surface area contributed by atoms with Crippen LogP contribution in [0.3, 0.4) is 0 Å². The summed E-state index contributed by atoms with van der Waals surface area (Å²) in [4.78, 5) is 22.7. The third kappa shape index (κ3) is 4.03. The molecule has 2 aromatic heterocycles. The summed E-state index contributed by atoms with van der Waals surface area (Å²) >= 11 is 0. The van der Waals surface area contributed by atoms with Gasteiger partial charge in [0, 0.05) is 30.4 Å². The number of anilines is 1. The molecule has 4 aromatic rings. The number of carbonyl (C=O) groups is 1. The Hall–Kier alpha value is -3.87. The molecule has 4 rings (SSSR count). The van der Waals surface area contributed by atoms with Crippen LogP contribution in [-0.4, -0.2) is 26.1 Å². The quantitative estimate of drug-likeness (QED) is 0.556. The summed E-state index contributed by atoms with van der Waals surface area (Å²) in [6.45, 7) is 1.86. The number of benzene rings is 2. The Kier molecular flexibility index (Phi) is 5.11. The molecular weight excluding hydrogens is 369 g/mol. The van der Waals surface area contributed by atoms with Crippen LogP contribution in [0.5, 0.6) is 0 Å². The lowest BCUT2D eigenvalue weighted by Crippen LogP contribution is -2.29. The minimum Gasteiger partial charge on any atom is -0.284 e. The van der Waals surface area contributed by atoms with E-state index in [2.05, 4.69) is 20.2 Å². The highest BCUT2D eigenvalue weighted by Gasteiger charge is 2.18. The molecule has 0 atom stereocenters. The number of halogens is 1. The van der Waals surface area contributed by atoms with Crippen molar-refractivity contribution in [3.05, 3.63) is 84.4 Å². The largest absolute Gasteiger partial charge is 0.284 e. The van der Waals surface area contributed by atoms with Crippen molar-refractivity contribution in [1.29, 1.82) is 0 Å². The average molecular weight is 387 g/mol. The van der Waals surface area contributed by atoms with Gasteiger partial charge in [-0.2, -0.15) is 5.10 Å². The van der Waals surface area contributed by atoms with Crippen LogP contribution in [0.25, 0.3) is 22.5 Å². The average Bonchev–Trinajstić information content (AvgIpc) is 3.23. The lowest BCUT2D eigenvalue weighted by Gasteiger charge is -2.19. The molecule has 6 nitrogen and oxygen atoms in total. The molecule has 0 saturated carbocycles. The van der Waals surface area contributed by atoms with Crippen LogP contribution in [0.2, 0.25) is 0 Å². The maximum absolute atomic E-state index is 13.3. The lowest BCUT2D eigenvalue weighted by atomic mass is 10.1. The molecule has 2 heterocycles. The molecule has 0 radical (unpaired) electrons. The predicted octanol–water partition coefficient (Wildman–Crippen LogP) is 4.23. The predicted molar refractivity (Wildman–Crippen MR) is 108 cm³/mol. The maximum atomic E-state index is 13.3. The van der Waals surface area contributed by atoms with E-state index in [-0.39, 0.29) is 11.7 Å². The molecule has 29 heavy (non-hydrogen) atoms. The van der Waals surface area contributed by atoms with Gasteiger partial charge in [-0.3, -0.25) is 14.8 Å². The highest BCUT2D eigenvalue weighted by molar-refractivity contribution is 5.90. The van der Waals surface area contributed by atoms with Gasteiger partial charge in [0.1, 0.15) is 11.5 Å². The zero-order valence-corrected chi connectivity index (χ0v) is 15.7. The van der Waals surface area contributed by atoms with E-state index in [1.807, 2.05) is 30.3 Å². The summed E-state index contributed by atoms with van der Waals surface area (Å²) in [6, 6.07) is 17.5. The number of aromatic nitrogens is 4. The van der Waals surface area contributed by atoms with Crippen LogP contribution in [0.1, 0.15) is 12.5 Å². The van der Waals surface area contributed by atoms with Crippen LogP contribution in [-0.2, 0) is 11.3 Å². The van der Waals surface area contributed by atoms with Gasteiger partial charge in [0.15, 0.2) is 0 Å². The highest BCUT2D eigenvalue weighted by atomic mass is 19.1. The van der Waals surface area contributed by atoms with E-state index >= 15 is 0 Å². The fourth-order valence-corrected chi connectivity index (χ4v) is 3.03. The first-order valence-corrected chi connectivity index (χ1v) is 9.07. The highest BCUT2D eigenvalue weighted by Crippen LogP contribution is 2.29. The molecule has 0 fully saturated rings. The smallest absolute Gasteiger partial charge is 0.232 e. The van der Waals surface area contributed by atoms with Crippen LogP contribution in [0, 0.1) is 5.82 Å². The van der Waals surface area contributed by atoms with E-state index in [4.69, 9.17) is 0 Å². The Balaban J connectivity index is 1.70. The van der Waals surface area contributed by atoms with Gasteiger partial charge in [-0.05, 0) is 35.9 Å². The summed E-state index contributed by atoms with van der Waals surface area (Å²) in [5.74, 6) is -0.157. The lowest BCUT2D eigenvalue weighted by molar-refractivity contribution is -0.116. The number of hydrogen-bond acceptors (Lipinski definition) is 4. The molecule has 1 amide bonds. The van der Waals surface area contributed by atoms with Gasteiger partial charge in [0.25, 0.3) is 0 Å². The topological polar surface area (TPSA) is 74.8 Å². The zero-order chi connectivity index (χ0) is 20.2. The molecule has 0 saturated heterocycles. The summed E-state index contributed by atoms with van der Waals surface area (Å²) in [7, 11) is 0. The van der Waals surface area contributed by atoms with Gasteiger partial charge in [-0.1, -0.05) is 30.3 Å². The normalized spacial score (nSPS) is 10.7. The summed E-state index contributed by atoms with van der Waals surface area (Å²) in [6.07, 6.45) is 3.33. The number of H-pyrrole nitrogens is 1. The van der Waals surface area contributed by atoms with Crippen molar-refractivity contribution in [2.24, 2.45) is 0 Å². The number of nitrogens with one attached hydrogen (secondary N) is 1. The van der Waals surface area contributed by atoms with Crippen molar-refractivity contribution in [1.82, 2.24) is 20.2 Å². The van der Waals surface area contributed by atoms with Crippen molar-refractivity contribution in [3.8, 4) is 22.5 Å². The Labute approximate surface area is 167 Å². The van der Waals surface area contributed by atoms with Gasteiger partial charge in [0.05, 0.1) is 12.2 Å². The molecule has 0 aliphatic carbocycles. The third-order valence-electron chi connectivity index (χ3n) is 4.48. The molecular formula is C22H18FN5O. The molecule has 0 bridgehead atoms. The molecule has 7 heteroatoms. The molecule has 1 N–H and O–H groups in total. The van der Waals surface area contributed by atoms with Crippen molar-refractivity contribution >= 4 is 11.9 Å². The van der Waals surface area contributed by atoms with Crippen molar-refractivity contribution in [2.45, 2.75) is 13.5 Å². The fourth-order valence-electron chi connectivity index (χ4n) is 3.03. The first kappa shape index (κ1) is 18.5. The summed E-state index contributed by atoms with van der Waals surface area (Å²) in [5, 5.41) is 7.12. The Morgan fingerprint density at radius 3 is 2.55 bits per heavy atom. The molecule has 2 aromatic carbocycles. The first-order chi connectivity index (χ1) is 14.1. The van der Waals surface area contributed by atoms with E-state index in [0.717, 1.165) is 16.7 Å². The number of aromatic amines is 1. The van der Waals surface area contributed by atoms with Gasteiger partial charge in [-0.25, -0.2) is 14.4 Å². The Morgan fingerprint density at radius 1 is 1.07 bits per heavy atom. The van der Waals surface area contributed by atoms with E-state index in [1.165, 1.54) is 24.0 Å². The van der Waals surface area contributed by atoms with Gasteiger partial charge in [0.2, 0.25) is 11.9 Å². The van der Waals surface area contributed by atoms with Crippen LogP contribution < -0.4 is 4.90 Å². The minimum atomic E-state index is -0.312. The summed E-state index contributed by atoms with van der Waals surface area (Å²) in [5.41, 5.74) is 3.74. The van der Waals surface area contributed by atoms with E-state index in [9.17, 15) is 9.18 Å². The van der Waals surface area contributed by atoms with E-state index < -0.39 is 0 Å². The van der Waals surface area contributed by atoms with E-state index in [0.29, 0.717) is 23.9 Å². The van der Waals surface area contributed by atoms with Crippen molar-refractivity contribution in [2.75, 3.05) is 4.90 Å². The zero-order valence-electron chi connectivity index (χ0n) is 15.7. The SMILES string of the molecule is CC(=O)N(Cc1ccccc1)c1nccc(-c2c[nH]nc2-c2ccc(F)cc2)n1. The third-order valence-corrected chi connectivity index (χ3v) is 4.48. The van der Waals surface area contributed by atoms with Crippen molar-refractivity contribution in [3.63, 3.8) is 0 Å². The van der Waals surface area contributed by atoms with Crippen LogP contribution in [0.15, 0.2) is 73.1 Å². The minimum absolute atomic E-state index is 0.156. The molecule has 0 spiro atoms. The first-order valence-electron chi connectivity index (χ1n) is 9.07. The van der Waals surface area contributed by atoms with Gasteiger partial charge < -0.3 is 0 Å². The van der Waals surface area contributed by atoms with Crippen LogP contribution in [0.4, 0.5) is 10.3 Å². The second-order valence-electron chi connectivity index (χ2n) is 6.49. The second-order valence-corrected chi connectivity index (χ2v) is 6.49. The van der Waals surface area contributed by atoms with Crippen molar-refractivity contribution < 1.29 is 9.18 Å². The second kappa shape index (κ2) is 8.02. The molecule has 144 valence electrons. The van der Waals surface area contributed by atoms with Gasteiger partial charge in [-0.15, -0.1) is 0 Å². The summed E-state index contributed by atoms with van der Waals surface area (Å²) < 4.78 is 13.3. The van der Waals surface area contributed by atoms with Gasteiger partial charge >= 0.3 is 0 Å². The molecule has 0 aliphatic heterocycles.